The van der Waals surface area contributed by atoms with Crippen LogP contribution in [0.15, 0.2) is 29.3 Å². The predicted molar refractivity (Wildman–Crippen MR) is 133 cm³/mol. The van der Waals surface area contributed by atoms with E-state index in [-0.39, 0.29) is 17.6 Å². The van der Waals surface area contributed by atoms with E-state index in [4.69, 9.17) is 15.5 Å². The van der Waals surface area contributed by atoms with E-state index < -0.39 is 5.60 Å². The summed E-state index contributed by atoms with van der Waals surface area (Å²) in [6.07, 6.45) is 5.69. The van der Waals surface area contributed by atoms with Gasteiger partial charge in [0.05, 0.1) is 11.7 Å². The molecule has 1 saturated heterocycles. The highest BCUT2D eigenvalue weighted by Gasteiger charge is 2.31. The quantitative estimate of drug-likeness (QED) is 0.528. The van der Waals surface area contributed by atoms with Gasteiger partial charge in [0.1, 0.15) is 5.60 Å². The van der Waals surface area contributed by atoms with E-state index in [2.05, 4.69) is 38.8 Å². The van der Waals surface area contributed by atoms with Crippen molar-refractivity contribution >= 4 is 23.7 Å². The lowest BCUT2D eigenvalue weighted by atomic mass is 9.82. The van der Waals surface area contributed by atoms with Crippen molar-refractivity contribution in [3.8, 4) is 0 Å². The summed E-state index contributed by atoms with van der Waals surface area (Å²) in [5, 5.41) is 0. The number of nitrogens with zero attached hydrogens (tertiary/aromatic N) is 3. The van der Waals surface area contributed by atoms with Crippen LogP contribution >= 0.6 is 0 Å². The minimum atomic E-state index is -0.538. The van der Waals surface area contributed by atoms with E-state index in [1.165, 1.54) is 0 Å². The summed E-state index contributed by atoms with van der Waals surface area (Å²) in [5.74, 6) is 0.382. The summed E-state index contributed by atoms with van der Waals surface area (Å²) in [6, 6.07) is 6.23. The lowest BCUT2D eigenvalue weighted by molar-refractivity contribution is 0.0327. The van der Waals surface area contributed by atoms with Gasteiger partial charge in [0, 0.05) is 42.7 Å². The Balaban J connectivity index is 1.79. The molecule has 2 heterocycles. The summed E-state index contributed by atoms with van der Waals surface area (Å²) in [6.45, 7) is 15.1. The van der Waals surface area contributed by atoms with E-state index >= 15 is 0 Å². The third kappa shape index (κ3) is 6.35. The molecule has 2 aliphatic heterocycles. The zero-order valence-electron chi connectivity index (χ0n) is 20.8. The average molecular weight is 441 g/mol. The van der Waals surface area contributed by atoms with Crippen LogP contribution in [0.25, 0.3) is 5.70 Å². The maximum Gasteiger partial charge on any atom is 0.414 e. The molecular formula is C26H40N4O2. The van der Waals surface area contributed by atoms with E-state index in [0.29, 0.717) is 18.2 Å². The van der Waals surface area contributed by atoms with Crippen LogP contribution in [0.1, 0.15) is 65.5 Å². The molecule has 1 aromatic carbocycles. The molecule has 0 radical (unpaired) electrons. The summed E-state index contributed by atoms with van der Waals surface area (Å²) in [4.78, 5) is 21.8. The SMILES string of the molecule is C[C@H]1CC=C(c2ccc(C=NC3CN(C)CC(C)(C)C3)c(N)c2)N(C(=O)OC(C)(C)C)C1. The number of likely N-dealkylation sites (N-methyl/N-ethyl adjacent to an activating group) is 1. The van der Waals surface area contributed by atoms with Gasteiger partial charge in [-0.1, -0.05) is 39.0 Å². The normalized spacial score (nSPS) is 24.5. The molecule has 1 unspecified atom stereocenters. The number of carbonyl (C=O) groups excluding carboxylic acids is 1. The van der Waals surface area contributed by atoms with Crippen molar-refractivity contribution in [1.82, 2.24) is 9.80 Å². The van der Waals surface area contributed by atoms with E-state index in [1.54, 1.807) is 4.90 Å². The van der Waals surface area contributed by atoms with Crippen LogP contribution in [0.3, 0.4) is 0 Å². The van der Waals surface area contributed by atoms with Crippen molar-refractivity contribution in [2.24, 2.45) is 16.3 Å². The molecule has 2 atom stereocenters. The summed E-state index contributed by atoms with van der Waals surface area (Å²) in [7, 11) is 2.15. The Kier molecular flexibility index (Phi) is 7.03. The van der Waals surface area contributed by atoms with Crippen LogP contribution in [0.5, 0.6) is 0 Å². The van der Waals surface area contributed by atoms with Crippen molar-refractivity contribution in [1.29, 1.82) is 0 Å². The number of piperidine rings is 1. The van der Waals surface area contributed by atoms with Crippen LogP contribution < -0.4 is 5.73 Å². The van der Waals surface area contributed by atoms with Gasteiger partial charge in [-0.3, -0.25) is 9.89 Å². The first-order chi connectivity index (χ1) is 14.8. The molecule has 1 fully saturated rings. The predicted octanol–water partition coefficient (Wildman–Crippen LogP) is 5.04. The second-order valence-electron chi connectivity index (χ2n) is 11.4. The van der Waals surface area contributed by atoms with Crippen molar-refractivity contribution in [3.63, 3.8) is 0 Å². The van der Waals surface area contributed by atoms with Gasteiger partial charge in [0.25, 0.3) is 0 Å². The molecule has 0 aromatic heterocycles. The number of carbonyl (C=O) groups is 1. The third-order valence-electron chi connectivity index (χ3n) is 5.93. The van der Waals surface area contributed by atoms with Crippen molar-refractivity contribution in [2.75, 3.05) is 32.4 Å². The standard InChI is InChI=1S/C26H40N4O2/c1-18-8-11-23(30(15-18)24(31)32-25(2,3)4)19-9-10-20(22(27)12-19)14-28-21-13-26(5,6)17-29(7)16-21/h9-12,14,18,21H,8,13,15-17,27H2,1-7H3/t18-,21?/m0/s1. The molecule has 2 aliphatic rings. The van der Waals surface area contributed by atoms with Crippen molar-refractivity contribution < 1.29 is 9.53 Å². The molecule has 1 amide bonds. The first kappa shape index (κ1) is 24.3. The van der Waals surface area contributed by atoms with Crippen LogP contribution in [0.2, 0.25) is 0 Å². The molecule has 0 bridgehead atoms. The van der Waals surface area contributed by atoms with Gasteiger partial charge in [0.15, 0.2) is 0 Å². The highest BCUT2D eigenvalue weighted by molar-refractivity contribution is 5.90. The molecule has 0 saturated carbocycles. The van der Waals surface area contributed by atoms with Crippen LogP contribution in [0, 0.1) is 11.3 Å². The van der Waals surface area contributed by atoms with Gasteiger partial charge in [-0.15, -0.1) is 0 Å². The minimum absolute atomic E-state index is 0.264. The summed E-state index contributed by atoms with van der Waals surface area (Å²) < 4.78 is 5.65. The zero-order chi connectivity index (χ0) is 23.7. The molecule has 176 valence electrons. The number of aliphatic imine (C=N–C) groups is 1. The first-order valence-corrected chi connectivity index (χ1v) is 11.7. The number of benzene rings is 1. The van der Waals surface area contributed by atoms with Crippen LogP contribution in [-0.2, 0) is 4.74 Å². The van der Waals surface area contributed by atoms with Gasteiger partial charge in [-0.05, 0) is 58.1 Å². The van der Waals surface area contributed by atoms with E-state index in [1.807, 2.05) is 45.2 Å². The van der Waals surface area contributed by atoms with Gasteiger partial charge in [-0.2, -0.15) is 0 Å². The van der Waals surface area contributed by atoms with Crippen molar-refractivity contribution in [2.45, 2.75) is 66.0 Å². The summed E-state index contributed by atoms with van der Waals surface area (Å²) in [5.41, 5.74) is 9.50. The number of anilines is 1. The fraction of sp³-hybridized carbons (Fsp3) is 0.615. The molecule has 6 nitrogen and oxygen atoms in total. The lowest BCUT2D eigenvalue weighted by Crippen LogP contribution is -2.44. The molecule has 0 aliphatic carbocycles. The fourth-order valence-electron chi connectivity index (χ4n) is 4.73. The van der Waals surface area contributed by atoms with Crippen molar-refractivity contribution in [3.05, 3.63) is 35.4 Å². The number of nitrogen functional groups attached to an aromatic ring is 1. The second kappa shape index (κ2) is 9.26. The number of hydrogen-bond donors (Lipinski definition) is 1. The minimum Gasteiger partial charge on any atom is -0.443 e. The number of amides is 1. The van der Waals surface area contributed by atoms with E-state index in [9.17, 15) is 4.79 Å². The zero-order valence-corrected chi connectivity index (χ0v) is 20.8. The smallest absolute Gasteiger partial charge is 0.414 e. The molecule has 2 N–H and O–H groups in total. The Morgan fingerprint density at radius 2 is 2.00 bits per heavy atom. The van der Waals surface area contributed by atoms with Crippen LogP contribution in [-0.4, -0.2) is 60.4 Å². The Bertz CT molecular complexity index is 898. The summed E-state index contributed by atoms with van der Waals surface area (Å²) >= 11 is 0. The molecule has 0 spiro atoms. The van der Waals surface area contributed by atoms with Gasteiger partial charge >= 0.3 is 6.09 Å². The van der Waals surface area contributed by atoms with Gasteiger partial charge < -0.3 is 15.4 Å². The van der Waals surface area contributed by atoms with Crippen LogP contribution in [0.4, 0.5) is 10.5 Å². The lowest BCUT2D eigenvalue weighted by Gasteiger charge is -2.39. The molecule has 1 aromatic rings. The molecular weight excluding hydrogens is 400 g/mol. The Labute approximate surface area is 193 Å². The Morgan fingerprint density at radius 3 is 2.62 bits per heavy atom. The third-order valence-corrected chi connectivity index (χ3v) is 5.93. The number of allylic oxidation sites excluding steroid dienone is 1. The highest BCUT2D eigenvalue weighted by Crippen LogP contribution is 2.32. The number of rotatable bonds is 3. The molecule has 32 heavy (non-hydrogen) atoms. The van der Waals surface area contributed by atoms with Gasteiger partial charge in [0.2, 0.25) is 0 Å². The number of ether oxygens (including phenoxy) is 1. The number of hydrogen-bond acceptors (Lipinski definition) is 5. The topological polar surface area (TPSA) is 71.2 Å². The largest absolute Gasteiger partial charge is 0.443 e. The molecule has 3 rings (SSSR count). The first-order valence-electron chi connectivity index (χ1n) is 11.7. The fourth-order valence-corrected chi connectivity index (χ4v) is 4.73. The number of nitrogens with two attached hydrogens (primary N) is 1. The van der Waals surface area contributed by atoms with Gasteiger partial charge in [-0.25, -0.2) is 4.79 Å². The second-order valence-corrected chi connectivity index (χ2v) is 11.4. The molecule has 6 heteroatoms. The average Bonchev–Trinajstić information content (AvgIpc) is 2.64. The maximum absolute atomic E-state index is 12.9. The Hall–Kier alpha value is -2.34. The Morgan fingerprint density at radius 1 is 1.28 bits per heavy atom. The monoisotopic (exact) mass is 440 g/mol. The van der Waals surface area contributed by atoms with E-state index in [0.717, 1.165) is 42.8 Å². The number of likely N-dealkylation sites (tertiary alicyclic amines) is 1. The highest BCUT2D eigenvalue weighted by atomic mass is 16.6. The maximum atomic E-state index is 12.9.